The van der Waals surface area contributed by atoms with E-state index >= 15 is 0 Å². The Kier molecular flexibility index (Phi) is 4.52. The van der Waals surface area contributed by atoms with E-state index in [1.54, 1.807) is 12.1 Å². The standard InChI is InChI=1S/C11H15NO2S/c1-2-10(11(12)15)14-9-5-3-8(7-13)4-6-9/h3-6,10,13H,2,7H2,1H3,(H2,12,15). The summed E-state index contributed by atoms with van der Waals surface area (Å²) in [5.74, 6) is 0.715. The van der Waals surface area contributed by atoms with Gasteiger partial charge in [-0.05, 0) is 24.1 Å². The van der Waals surface area contributed by atoms with Gasteiger partial charge in [0.05, 0.1) is 6.61 Å². The highest BCUT2D eigenvalue weighted by Crippen LogP contribution is 2.15. The molecule has 0 aliphatic rings. The first-order valence-electron chi connectivity index (χ1n) is 4.83. The maximum absolute atomic E-state index is 8.86. The summed E-state index contributed by atoms with van der Waals surface area (Å²) in [6.45, 7) is 2.00. The van der Waals surface area contributed by atoms with Crippen LogP contribution in [-0.2, 0) is 6.61 Å². The smallest absolute Gasteiger partial charge is 0.148 e. The second-order valence-electron chi connectivity index (χ2n) is 3.22. The van der Waals surface area contributed by atoms with Crippen LogP contribution in [0.3, 0.4) is 0 Å². The van der Waals surface area contributed by atoms with Crippen LogP contribution in [-0.4, -0.2) is 16.2 Å². The molecule has 0 radical (unpaired) electrons. The summed E-state index contributed by atoms with van der Waals surface area (Å²) in [6, 6.07) is 7.21. The minimum Gasteiger partial charge on any atom is -0.483 e. The molecule has 0 aliphatic carbocycles. The lowest BCUT2D eigenvalue weighted by atomic mass is 10.2. The molecule has 15 heavy (non-hydrogen) atoms. The van der Waals surface area contributed by atoms with Crippen LogP contribution in [0.2, 0.25) is 0 Å². The van der Waals surface area contributed by atoms with E-state index in [-0.39, 0.29) is 12.7 Å². The number of hydrogen-bond donors (Lipinski definition) is 2. The zero-order chi connectivity index (χ0) is 11.3. The van der Waals surface area contributed by atoms with Crippen LogP contribution in [0.5, 0.6) is 5.75 Å². The van der Waals surface area contributed by atoms with Crippen molar-refractivity contribution in [1.82, 2.24) is 0 Å². The van der Waals surface area contributed by atoms with Gasteiger partial charge in [0, 0.05) is 0 Å². The summed E-state index contributed by atoms with van der Waals surface area (Å²) in [7, 11) is 0. The van der Waals surface area contributed by atoms with E-state index in [9.17, 15) is 0 Å². The van der Waals surface area contributed by atoms with Crippen molar-refractivity contribution in [2.24, 2.45) is 5.73 Å². The summed E-state index contributed by atoms with van der Waals surface area (Å²) in [6.07, 6.45) is 0.525. The summed E-state index contributed by atoms with van der Waals surface area (Å²) >= 11 is 4.88. The van der Waals surface area contributed by atoms with Gasteiger partial charge in [0.25, 0.3) is 0 Å². The molecule has 0 amide bonds. The molecule has 3 nitrogen and oxygen atoms in total. The Balaban J connectivity index is 2.67. The second-order valence-corrected chi connectivity index (χ2v) is 3.69. The fourth-order valence-electron chi connectivity index (χ4n) is 1.18. The molecular formula is C11H15NO2S. The molecule has 0 saturated heterocycles. The molecule has 82 valence electrons. The van der Waals surface area contributed by atoms with Crippen molar-refractivity contribution in [3.05, 3.63) is 29.8 Å². The SMILES string of the molecule is CCC(Oc1ccc(CO)cc1)C(N)=S. The molecule has 0 fully saturated rings. The topological polar surface area (TPSA) is 55.5 Å². The van der Waals surface area contributed by atoms with E-state index in [0.717, 1.165) is 12.0 Å². The minimum atomic E-state index is -0.222. The Morgan fingerprint density at radius 3 is 2.47 bits per heavy atom. The van der Waals surface area contributed by atoms with Crippen LogP contribution in [0.4, 0.5) is 0 Å². The Labute approximate surface area is 94.9 Å². The van der Waals surface area contributed by atoms with Gasteiger partial charge in [0.2, 0.25) is 0 Å². The van der Waals surface area contributed by atoms with Crippen LogP contribution in [0.15, 0.2) is 24.3 Å². The Morgan fingerprint density at radius 2 is 2.07 bits per heavy atom. The molecule has 0 bridgehead atoms. The van der Waals surface area contributed by atoms with Gasteiger partial charge < -0.3 is 15.6 Å². The van der Waals surface area contributed by atoms with Crippen molar-refractivity contribution >= 4 is 17.2 Å². The first kappa shape index (κ1) is 11.9. The molecule has 0 saturated carbocycles. The highest BCUT2D eigenvalue weighted by Gasteiger charge is 2.10. The van der Waals surface area contributed by atoms with E-state index in [1.807, 2.05) is 19.1 Å². The summed E-state index contributed by atoms with van der Waals surface area (Å²) in [5.41, 5.74) is 6.37. The highest BCUT2D eigenvalue weighted by atomic mass is 32.1. The molecule has 0 aromatic heterocycles. The number of ether oxygens (including phenoxy) is 1. The van der Waals surface area contributed by atoms with Gasteiger partial charge in [-0.25, -0.2) is 0 Å². The summed E-state index contributed by atoms with van der Waals surface area (Å²) < 4.78 is 5.58. The van der Waals surface area contributed by atoms with Crippen molar-refractivity contribution in [3.63, 3.8) is 0 Å². The monoisotopic (exact) mass is 225 g/mol. The van der Waals surface area contributed by atoms with Crippen molar-refractivity contribution in [2.75, 3.05) is 0 Å². The van der Waals surface area contributed by atoms with Crippen LogP contribution in [0, 0.1) is 0 Å². The number of aliphatic hydroxyl groups is 1. The number of benzene rings is 1. The maximum Gasteiger partial charge on any atom is 0.148 e. The zero-order valence-corrected chi connectivity index (χ0v) is 9.46. The molecule has 0 spiro atoms. The van der Waals surface area contributed by atoms with Gasteiger partial charge >= 0.3 is 0 Å². The molecular weight excluding hydrogens is 210 g/mol. The summed E-state index contributed by atoms with van der Waals surface area (Å²) in [4.78, 5) is 0.365. The molecule has 1 rings (SSSR count). The molecule has 1 aromatic carbocycles. The predicted octanol–water partition coefficient (Wildman–Crippen LogP) is 1.62. The average Bonchev–Trinajstić information content (AvgIpc) is 2.26. The first-order valence-corrected chi connectivity index (χ1v) is 5.24. The van der Waals surface area contributed by atoms with Crippen LogP contribution in [0.1, 0.15) is 18.9 Å². The fraction of sp³-hybridized carbons (Fsp3) is 0.364. The Bertz CT molecular complexity index is 324. The van der Waals surface area contributed by atoms with E-state index in [1.165, 1.54) is 0 Å². The quantitative estimate of drug-likeness (QED) is 0.748. The third kappa shape index (κ3) is 3.49. The van der Waals surface area contributed by atoms with E-state index < -0.39 is 0 Å². The first-order chi connectivity index (χ1) is 7.17. The fourth-order valence-corrected chi connectivity index (χ4v) is 1.40. The van der Waals surface area contributed by atoms with Gasteiger partial charge in [-0.15, -0.1) is 0 Å². The largest absolute Gasteiger partial charge is 0.483 e. The lowest BCUT2D eigenvalue weighted by molar-refractivity contribution is 0.262. The van der Waals surface area contributed by atoms with Gasteiger partial charge in [0.1, 0.15) is 16.8 Å². The number of rotatable bonds is 5. The maximum atomic E-state index is 8.86. The van der Waals surface area contributed by atoms with Crippen LogP contribution >= 0.6 is 12.2 Å². The average molecular weight is 225 g/mol. The lowest BCUT2D eigenvalue weighted by Gasteiger charge is -2.16. The van der Waals surface area contributed by atoms with Crippen LogP contribution in [0.25, 0.3) is 0 Å². The van der Waals surface area contributed by atoms with Gasteiger partial charge in [-0.3, -0.25) is 0 Å². The molecule has 1 aromatic rings. The number of hydrogen-bond acceptors (Lipinski definition) is 3. The van der Waals surface area contributed by atoms with Crippen molar-refractivity contribution < 1.29 is 9.84 Å². The second kappa shape index (κ2) is 5.68. The molecule has 4 heteroatoms. The van der Waals surface area contributed by atoms with E-state index in [4.69, 9.17) is 27.8 Å². The number of thiocarbonyl (C=S) groups is 1. The van der Waals surface area contributed by atoms with E-state index in [0.29, 0.717) is 10.7 Å². The highest BCUT2D eigenvalue weighted by molar-refractivity contribution is 7.80. The Hall–Kier alpha value is -1.13. The van der Waals surface area contributed by atoms with Crippen molar-refractivity contribution in [1.29, 1.82) is 0 Å². The molecule has 0 heterocycles. The van der Waals surface area contributed by atoms with Gasteiger partial charge in [-0.1, -0.05) is 31.3 Å². The third-order valence-electron chi connectivity index (χ3n) is 2.07. The van der Waals surface area contributed by atoms with Gasteiger partial charge in [-0.2, -0.15) is 0 Å². The molecule has 3 N–H and O–H groups in total. The zero-order valence-electron chi connectivity index (χ0n) is 8.64. The molecule has 1 atom stereocenters. The predicted molar refractivity (Wildman–Crippen MR) is 63.9 cm³/mol. The minimum absolute atomic E-state index is 0.0345. The van der Waals surface area contributed by atoms with Crippen LogP contribution < -0.4 is 10.5 Å². The van der Waals surface area contributed by atoms with Gasteiger partial charge in [0.15, 0.2) is 0 Å². The Morgan fingerprint density at radius 1 is 1.47 bits per heavy atom. The normalized spacial score (nSPS) is 12.1. The number of aliphatic hydroxyl groups excluding tert-OH is 1. The molecule has 1 unspecified atom stereocenters. The lowest BCUT2D eigenvalue weighted by Crippen LogP contribution is -2.31. The van der Waals surface area contributed by atoms with Crippen molar-refractivity contribution in [3.8, 4) is 5.75 Å². The molecule has 0 aliphatic heterocycles. The summed E-state index contributed by atoms with van der Waals surface area (Å²) in [5, 5.41) is 8.86. The van der Waals surface area contributed by atoms with Crippen molar-refractivity contribution in [2.45, 2.75) is 26.1 Å². The van der Waals surface area contributed by atoms with E-state index in [2.05, 4.69) is 0 Å². The third-order valence-corrected chi connectivity index (χ3v) is 2.34. The number of nitrogens with two attached hydrogens (primary N) is 1.